The summed E-state index contributed by atoms with van der Waals surface area (Å²) < 4.78 is 20.9. The fourth-order valence-electron chi connectivity index (χ4n) is 2.10. The Kier molecular flexibility index (Phi) is 9.80. The molecule has 0 heterocycles. The highest BCUT2D eigenvalue weighted by Crippen LogP contribution is 2.35. The topological polar surface area (TPSA) is 93.1 Å². The molecule has 2 N–H and O–H groups in total. The number of nitrogens with zero attached hydrogens (tertiary/aromatic N) is 1. The molecule has 0 saturated carbocycles. The number of hydrogen-bond acceptors (Lipinski definition) is 4. The average Bonchev–Trinajstić information content (AvgIpc) is 2.34. The molecule has 0 aromatic rings. The van der Waals surface area contributed by atoms with E-state index in [1.165, 1.54) is 6.08 Å². The quantitative estimate of drug-likeness (QED) is 0.196. The summed E-state index contributed by atoms with van der Waals surface area (Å²) in [5, 5.41) is 0. The molecule has 0 aliphatic heterocycles. The van der Waals surface area contributed by atoms with Gasteiger partial charge in [0.2, 0.25) is 0 Å². The molecule has 0 aromatic carbocycles. The molecule has 8 heteroatoms. The first-order chi connectivity index (χ1) is 10.1. The molecular formula is C14H29NO6P+. The number of esters is 1. The fraction of sp³-hybridized carbons (Fsp3) is 0.786. The van der Waals surface area contributed by atoms with E-state index in [9.17, 15) is 9.36 Å². The van der Waals surface area contributed by atoms with Gasteiger partial charge in [-0.05, 0) is 19.8 Å². The van der Waals surface area contributed by atoms with E-state index in [1.807, 2.05) is 0 Å². The van der Waals surface area contributed by atoms with Gasteiger partial charge in [-0.25, -0.2) is 9.36 Å². The van der Waals surface area contributed by atoms with E-state index in [0.717, 1.165) is 23.7 Å². The Labute approximate surface area is 132 Å². The minimum atomic E-state index is -4.38. The van der Waals surface area contributed by atoms with Gasteiger partial charge in [0.1, 0.15) is 0 Å². The van der Waals surface area contributed by atoms with Crippen LogP contribution in [-0.2, 0) is 18.6 Å². The third kappa shape index (κ3) is 11.9. The standard InChI is InChI=1S/C14H28NO6P/c1-5-8-14(16)20-11-6-9-13(15(2,3)4)10-7-12-21-22(17,18)19/h5,8,13H,6-7,9-12H2,1-4H3,(H-,17,18,19)/p+1. The molecule has 0 spiro atoms. The van der Waals surface area contributed by atoms with Gasteiger partial charge in [0.05, 0.1) is 40.4 Å². The maximum Gasteiger partial charge on any atom is 0.469 e. The van der Waals surface area contributed by atoms with Crippen LogP contribution in [0.1, 0.15) is 32.6 Å². The SMILES string of the molecule is CC=CC(=O)OCCCC(CCCOP(=O)(O)O)[N+](C)(C)C. The summed E-state index contributed by atoms with van der Waals surface area (Å²) >= 11 is 0. The maximum atomic E-state index is 11.2. The first-order valence-electron chi connectivity index (χ1n) is 7.37. The van der Waals surface area contributed by atoms with Crippen LogP contribution in [0.15, 0.2) is 12.2 Å². The Hall–Kier alpha value is -0.720. The number of carbonyl (C=O) groups excluding carboxylic acids is 1. The molecule has 0 aliphatic rings. The van der Waals surface area contributed by atoms with Crippen LogP contribution in [0.2, 0.25) is 0 Å². The second kappa shape index (κ2) is 10.1. The van der Waals surface area contributed by atoms with Crippen molar-refractivity contribution < 1.29 is 32.9 Å². The monoisotopic (exact) mass is 338 g/mol. The van der Waals surface area contributed by atoms with Crippen molar-refractivity contribution in [3.63, 3.8) is 0 Å². The predicted octanol–water partition coefficient (Wildman–Crippen LogP) is 1.85. The van der Waals surface area contributed by atoms with Crippen molar-refractivity contribution in [1.82, 2.24) is 0 Å². The van der Waals surface area contributed by atoms with Gasteiger partial charge in [0.15, 0.2) is 0 Å². The third-order valence-corrected chi connectivity index (χ3v) is 3.78. The number of carbonyl (C=O) groups is 1. The van der Waals surface area contributed by atoms with Crippen molar-refractivity contribution in [2.24, 2.45) is 0 Å². The van der Waals surface area contributed by atoms with Crippen molar-refractivity contribution >= 4 is 13.8 Å². The Morgan fingerprint density at radius 2 is 1.73 bits per heavy atom. The Morgan fingerprint density at radius 1 is 1.18 bits per heavy atom. The fourth-order valence-corrected chi connectivity index (χ4v) is 2.46. The number of phosphoric ester groups is 1. The molecule has 0 aliphatic carbocycles. The highest BCUT2D eigenvalue weighted by atomic mass is 31.2. The minimum absolute atomic E-state index is 0.0387. The van der Waals surface area contributed by atoms with Crippen molar-refractivity contribution in [2.45, 2.75) is 38.6 Å². The second-order valence-electron chi connectivity index (χ2n) is 6.05. The first-order valence-corrected chi connectivity index (χ1v) is 8.90. The molecule has 0 amide bonds. The zero-order valence-electron chi connectivity index (χ0n) is 13.9. The van der Waals surface area contributed by atoms with Gasteiger partial charge in [0, 0.05) is 18.9 Å². The summed E-state index contributed by atoms with van der Waals surface area (Å²) in [6.07, 6.45) is 6.00. The average molecular weight is 338 g/mol. The summed E-state index contributed by atoms with van der Waals surface area (Å²) in [6, 6.07) is 0.306. The van der Waals surface area contributed by atoms with Crippen molar-refractivity contribution in [3.05, 3.63) is 12.2 Å². The Bertz CT molecular complexity index is 399. The summed E-state index contributed by atoms with van der Waals surface area (Å²) in [4.78, 5) is 28.5. The van der Waals surface area contributed by atoms with Crippen LogP contribution in [-0.4, -0.2) is 60.6 Å². The van der Waals surface area contributed by atoms with Gasteiger partial charge >= 0.3 is 13.8 Å². The summed E-state index contributed by atoms with van der Waals surface area (Å²) in [5.74, 6) is -0.334. The van der Waals surface area contributed by atoms with E-state index in [-0.39, 0.29) is 12.6 Å². The summed E-state index contributed by atoms with van der Waals surface area (Å²) in [6.45, 7) is 2.17. The zero-order chi connectivity index (χ0) is 17.2. The number of quaternary nitrogens is 1. The third-order valence-electron chi connectivity index (χ3n) is 3.27. The number of rotatable bonds is 11. The molecule has 22 heavy (non-hydrogen) atoms. The molecule has 130 valence electrons. The van der Waals surface area contributed by atoms with E-state index in [1.54, 1.807) is 13.0 Å². The molecule has 1 atom stereocenters. The number of allylic oxidation sites excluding steroid dienone is 1. The lowest BCUT2D eigenvalue weighted by Gasteiger charge is -2.34. The van der Waals surface area contributed by atoms with Crippen LogP contribution < -0.4 is 0 Å². The Balaban J connectivity index is 4.10. The van der Waals surface area contributed by atoms with Crippen molar-refractivity contribution in [3.8, 4) is 0 Å². The lowest BCUT2D eigenvalue weighted by atomic mass is 10.0. The Morgan fingerprint density at radius 3 is 2.18 bits per heavy atom. The molecule has 0 radical (unpaired) electrons. The molecule has 0 bridgehead atoms. The lowest BCUT2D eigenvalue weighted by Crippen LogP contribution is -2.45. The first kappa shape index (κ1) is 21.3. The lowest BCUT2D eigenvalue weighted by molar-refractivity contribution is -0.896. The van der Waals surface area contributed by atoms with Gasteiger partial charge < -0.3 is 19.0 Å². The summed E-state index contributed by atoms with van der Waals surface area (Å²) in [5.41, 5.74) is 0. The van der Waals surface area contributed by atoms with Gasteiger partial charge in [-0.2, -0.15) is 0 Å². The maximum absolute atomic E-state index is 11.2. The van der Waals surface area contributed by atoms with E-state index in [0.29, 0.717) is 19.1 Å². The number of hydrogen-bond donors (Lipinski definition) is 2. The molecule has 0 rings (SSSR count). The number of ether oxygens (including phenoxy) is 1. The highest BCUT2D eigenvalue weighted by molar-refractivity contribution is 7.46. The molecule has 1 unspecified atom stereocenters. The van der Waals surface area contributed by atoms with Gasteiger partial charge in [-0.15, -0.1) is 0 Å². The zero-order valence-corrected chi connectivity index (χ0v) is 14.8. The van der Waals surface area contributed by atoms with Crippen LogP contribution in [0.25, 0.3) is 0 Å². The van der Waals surface area contributed by atoms with Gasteiger partial charge in [-0.3, -0.25) is 4.52 Å². The number of phosphoric acid groups is 1. The molecule has 0 fully saturated rings. The molecule has 0 saturated heterocycles. The molecular weight excluding hydrogens is 309 g/mol. The molecule has 0 aromatic heterocycles. The predicted molar refractivity (Wildman–Crippen MR) is 84.1 cm³/mol. The van der Waals surface area contributed by atoms with Gasteiger partial charge in [-0.1, -0.05) is 6.08 Å². The van der Waals surface area contributed by atoms with E-state index in [2.05, 4.69) is 25.7 Å². The van der Waals surface area contributed by atoms with E-state index < -0.39 is 7.82 Å². The largest absolute Gasteiger partial charge is 0.469 e. The summed E-state index contributed by atoms with van der Waals surface area (Å²) in [7, 11) is 1.83. The minimum Gasteiger partial charge on any atom is -0.463 e. The van der Waals surface area contributed by atoms with Crippen molar-refractivity contribution in [2.75, 3.05) is 34.4 Å². The normalized spacial score (nSPS) is 14.3. The smallest absolute Gasteiger partial charge is 0.463 e. The second-order valence-corrected chi connectivity index (χ2v) is 7.29. The van der Waals surface area contributed by atoms with Crippen LogP contribution in [0.5, 0.6) is 0 Å². The van der Waals surface area contributed by atoms with Crippen molar-refractivity contribution in [1.29, 1.82) is 0 Å². The van der Waals surface area contributed by atoms with Crippen LogP contribution in [0, 0.1) is 0 Å². The van der Waals surface area contributed by atoms with Crippen LogP contribution >= 0.6 is 7.82 Å². The molecule has 7 nitrogen and oxygen atoms in total. The van der Waals surface area contributed by atoms with E-state index in [4.69, 9.17) is 14.5 Å². The van der Waals surface area contributed by atoms with Gasteiger partial charge in [0.25, 0.3) is 0 Å². The highest BCUT2D eigenvalue weighted by Gasteiger charge is 2.23. The van der Waals surface area contributed by atoms with Crippen LogP contribution in [0.4, 0.5) is 0 Å². The van der Waals surface area contributed by atoms with Crippen LogP contribution in [0.3, 0.4) is 0 Å². The van der Waals surface area contributed by atoms with E-state index >= 15 is 0 Å².